The molecule has 7 heteroatoms. The van der Waals surface area contributed by atoms with Crippen LogP contribution >= 0.6 is 11.8 Å². The number of nitrogens with zero attached hydrogens (tertiary/aromatic N) is 4. The molecule has 0 fully saturated rings. The molecule has 0 amide bonds. The molecule has 0 saturated heterocycles. The molecule has 0 saturated carbocycles. The summed E-state index contributed by atoms with van der Waals surface area (Å²) in [5, 5.41) is 16.7. The van der Waals surface area contributed by atoms with Crippen LogP contribution in [-0.4, -0.2) is 36.6 Å². The van der Waals surface area contributed by atoms with E-state index in [1.54, 1.807) is 22.9 Å². The summed E-state index contributed by atoms with van der Waals surface area (Å²) < 4.78 is 1.65. The molecule has 0 bridgehead atoms. The Morgan fingerprint density at radius 2 is 2.38 bits per heavy atom. The first-order valence-corrected chi connectivity index (χ1v) is 5.42. The standard InChI is InChI=1S/C9H8N4O2S/c14-8(15)5-16-9-12-11-6-13(9)7-3-1-2-4-10-7/h1-4,6H,5H2,(H,14,15). The summed E-state index contributed by atoms with van der Waals surface area (Å²) in [7, 11) is 0. The van der Waals surface area contributed by atoms with E-state index in [0.717, 1.165) is 11.8 Å². The van der Waals surface area contributed by atoms with Gasteiger partial charge in [0.25, 0.3) is 0 Å². The zero-order valence-electron chi connectivity index (χ0n) is 8.15. The van der Waals surface area contributed by atoms with Crippen molar-refractivity contribution in [3.63, 3.8) is 0 Å². The van der Waals surface area contributed by atoms with E-state index in [4.69, 9.17) is 5.11 Å². The fraction of sp³-hybridized carbons (Fsp3) is 0.111. The van der Waals surface area contributed by atoms with E-state index in [0.29, 0.717) is 11.0 Å². The first-order valence-electron chi connectivity index (χ1n) is 4.43. The third-order valence-electron chi connectivity index (χ3n) is 1.74. The Morgan fingerprint density at radius 3 is 3.06 bits per heavy atom. The number of rotatable bonds is 4. The fourth-order valence-corrected chi connectivity index (χ4v) is 1.74. The second-order valence-electron chi connectivity index (χ2n) is 2.85. The van der Waals surface area contributed by atoms with E-state index < -0.39 is 5.97 Å². The van der Waals surface area contributed by atoms with Crippen LogP contribution in [0.15, 0.2) is 35.9 Å². The average molecular weight is 236 g/mol. The van der Waals surface area contributed by atoms with Gasteiger partial charge in [-0.25, -0.2) is 4.98 Å². The molecule has 0 atom stereocenters. The van der Waals surface area contributed by atoms with Gasteiger partial charge in [0.2, 0.25) is 0 Å². The molecule has 16 heavy (non-hydrogen) atoms. The summed E-state index contributed by atoms with van der Waals surface area (Å²) in [4.78, 5) is 14.6. The van der Waals surface area contributed by atoms with Crippen LogP contribution in [0.3, 0.4) is 0 Å². The summed E-state index contributed by atoms with van der Waals surface area (Å²) in [6.07, 6.45) is 3.16. The van der Waals surface area contributed by atoms with E-state index in [-0.39, 0.29) is 5.75 Å². The minimum Gasteiger partial charge on any atom is -0.481 e. The van der Waals surface area contributed by atoms with Crippen LogP contribution in [-0.2, 0) is 4.79 Å². The Hall–Kier alpha value is -1.89. The summed E-state index contributed by atoms with van der Waals surface area (Å²) in [6.45, 7) is 0. The van der Waals surface area contributed by atoms with E-state index in [1.807, 2.05) is 6.07 Å². The third kappa shape index (κ3) is 2.37. The number of aromatic nitrogens is 4. The first-order chi connectivity index (χ1) is 7.77. The normalized spacial score (nSPS) is 10.2. The molecule has 2 heterocycles. The van der Waals surface area contributed by atoms with Crippen molar-refractivity contribution in [2.24, 2.45) is 0 Å². The van der Waals surface area contributed by atoms with Gasteiger partial charge in [-0.2, -0.15) is 0 Å². The Bertz CT molecular complexity index is 485. The smallest absolute Gasteiger partial charge is 0.313 e. The number of carboxylic acids is 1. The molecule has 0 aromatic carbocycles. The number of hydrogen-bond acceptors (Lipinski definition) is 5. The van der Waals surface area contributed by atoms with Gasteiger partial charge in [0, 0.05) is 6.20 Å². The maximum absolute atomic E-state index is 10.4. The average Bonchev–Trinajstić information content (AvgIpc) is 2.75. The molecule has 0 spiro atoms. The molecule has 1 N–H and O–H groups in total. The van der Waals surface area contributed by atoms with Crippen molar-refractivity contribution in [2.45, 2.75) is 5.16 Å². The van der Waals surface area contributed by atoms with Gasteiger partial charge in [-0.1, -0.05) is 17.8 Å². The molecule has 2 aromatic heterocycles. The third-order valence-corrected chi connectivity index (χ3v) is 2.67. The van der Waals surface area contributed by atoms with Gasteiger partial charge < -0.3 is 5.11 Å². The quantitative estimate of drug-likeness (QED) is 0.792. The zero-order chi connectivity index (χ0) is 11.4. The molecular weight excluding hydrogens is 228 g/mol. The van der Waals surface area contributed by atoms with Crippen molar-refractivity contribution >= 4 is 17.7 Å². The highest BCUT2D eigenvalue weighted by molar-refractivity contribution is 7.99. The maximum Gasteiger partial charge on any atom is 0.313 e. The topological polar surface area (TPSA) is 80.9 Å². The maximum atomic E-state index is 10.4. The lowest BCUT2D eigenvalue weighted by Crippen LogP contribution is -2.02. The summed E-state index contributed by atoms with van der Waals surface area (Å²) in [5.41, 5.74) is 0. The molecule has 0 aliphatic rings. The van der Waals surface area contributed by atoms with Gasteiger partial charge in [0.05, 0.1) is 5.75 Å². The van der Waals surface area contributed by atoms with Gasteiger partial charge in [-0.05, 0) is 12.1 Å². The van der Waals surface area contributed by atoms with Crippen molar-refractivity contribution < 1.29 is 9.90 Å². The van der Waals surface area contributed by atoms with Crippen LogP contribution in [0, 0.1) is 0 Å². The van der Waals surface area contributed by atoms with Crippen molar-refractivity contribution in [1.29, 1.82) is 0 Å². The van der Waals surface area contributed by atoms with Crippen LogP contribution in [0.25, 0.3) is 5.82 Å². The molecule has 0 aliphatic heterocycles. The minimum atomic E-state index is -0.888. The number of thioether (sulfide) groups is 1. The largest absolute Gasteiger partial charge is 0.481 e. The lowest BCUT2D eigenvalue weighted by Gasteiger charge is -2.02. The lowest BCUT2D eigenvalue weighted by atomic mass is 10.5. The van der Waals surface area contributed by atoms with Crippen LogP contribution in [0.4, 0.5) is 0 Å². The Kier molecular flexibility index (Phi) is 3.16. The fourth-order valence-electron chi connectivity index (χ4n) is 1.10. The van der Waals surface area contributed by atoms with Crippen molar-refractivity contribution in [1.82, 2.24) is 19.7 Å². The van der Waals surface area contributed by atoms with E-state index in [1.165, 1.54) is 6.33 Å². The van der Waals surface area contributed by atoms with E-state index >= 15 is 0 Å². The number of pyridine rings is 1. The van der Waals surface area contributed by atoms with Crippen LogP contribution < -0.4 is 0 Å². The van der Waals surface area contributed by atoms with Crippen LogP contribution in [0.1, 0.15) is 0 Å². The molecular formula is C9H8N4O2S. The molecule has 0 aliphatic carbocycles. The summed E-state index contributed by atoms with van der Waals surface area (Å²) in [6, 6.07) is 5.44. The predicted octanol–water partition coefficient (Wildman–Crippen LogP) is 0.839. The van der Waals surface area contributed by atoms with Crippen LogP contribution in [0.2, 0.25) is 0 Å². The summed E-state index contributed by atoms with van der Waals surface area (Å²) in [5.74, 6) is -0.271. The number of carboxylic acid groups (broad SMARTS) is 1. The van der Waals surface area contributed by atoms with Gasteiger partial charge in [-0.3, -0.25) is 9.36 Å². The molecule has 2 aromatic rings. The zero-order valence-corrected chi connectivity index (χ0v) is 8.96. The van der Waals surface area contributed by atoms with E-state index in [2.05, 4.69) is 15.2 Å². The molecule has 2 rings (SSSR count). The highest BCUT2D eigenvalue weighted by Crippen LogP contribution is 2.17. The lowest BCUT2D eigenvalue weighted by molar-refractivity contribution is -0.133. The van der Waals surface area contributed by atoms with Gasteiger partial charge >= 0.3 is 5.97 Å². The highest BCUT2D eigenvalue weighted by atomic mass is 32.2. The number of carbonyl (C=O) groups is 1. The van der Waals surface area contributed by atoms with E-state index in [9.17, 15) is 4.79 Å². The molecule has 82 valence electrons. The highest BCUT2D eigenvalue weighted by Gasteiger charge is 2.09. The summed E-state index contributed by atoms with van der Waals surface area (Å²) >= 11 is 1.11. The van der Waals surface area contributed by atoms with Crippen molar-refractivity contribution in [3.8, 4) is 5.82 Å². The van der Waals surface area contributed by atoms with Gasteiger partial charge in [0.1, 0.15) is 12.1 Å². The number of aliphatic carboxylic acids is 1. The van der Waals surface area contributed by atoms with Crippen LogP contribution in [0.5, 0.6) is 0 Å². The Morgan fingerprint density at radius 1 is 1.50 bits per heavy atom. The Balaban J connectivity index is 2.23. The van der Waals surface area contributed by atoms with Crippen molar-refractivity contribution in [2.75, 3.05) is 5.75 Å². The van der Waals surface area contributed by atoms with Crippen molar-refractivity contribution in [3.05, 3.63) is 30.7 Å². The molecule has 0 radical (unpaired) electrons. The SMILES string of the molecule is O=C(O)CSc1nncn1-c1ccccn1. The number of hydrogen-bond donors (Lipinski definition) is 1. The Labute approximate surface area is 95.3 Å². The minimum absolute atomic E-state index is 0.0501. The van der Waals surface area contributed by atoms with Gasteiger partial charge in [-0.15, -0.1) is 10.2 Å². The monoisotopic (exact) mass is 236 g/mol. The first kappa shape index (κ1) is 10.6. The van der Waals surface area contributed by atoms with Gasteiger partial charge in [0.15, 0.2) is 5.16 Å². The molecule has 0 unspecified atom stereocenters. The second kappa shape index (κ2) is 4.75. The predicted molar refractivity (Wildman–Crippen MR) is 57.5 cm³/mol. The second-order valence-corrected chi connectivity index (χ2v) is 3.80. The molecule has 6 nitrogen and oxygen atoms in total.